The number of carbonyl (C=O) groups excluding carboxylic acids is 1. The van der Waals surface area contributed by atoms with Crippen LogP contribution in [0, 0.1) is 12.3 Å². The van der Waals surface area contributed by atoms with Gasteiger partial charge in [-0.15, -0.1) is 0 Å². The fourth-order valence-corrected chi connectivity index (χ4v) is 2.55. The first-order valence-electron chi connectivity index (χ1n) is 7.57. The molecule has 1 aliphatic rings. The summed E-state index contributed by atoms with van der Waals surface area (Å²) in [6, 6.07) is -0.266. The van der Waals surface area contributed by atoms with Gasteiger partial charge in [0.05, 0.1) is 17.7 Å². The average Bonchev–Trinajstić information content (AvgIpc) is 3.01. The van der Waals surface area contributed by atoms with E-state index in [1.54, 1.807) is 6.92 Å². The van der Waals surface area contributed by atoms with Crippen LogP contribution in [0.2, 0.25) is 0 Å². The van der Waals surface area contributed by atoms with E-state index < -0.39 is 11.4 Å². The molecule has 0 radical (unpaired) electrons. The molecule has 2 rings (SSSR count). The van der Waals surface area contributed by atoms with Gasteiger partial charge in [0.1, 0.15) is 5.76 Å². The molecular formula is C15H23N3O4. The van der Waals surface area contributed by atoms with E-state index in [0.717, 1.165) is 18.5 Å². The number of likely N-dealkylation sites (tertiary alicyclic amines) is 1. The molecule has 7 nitrogen and oxygen atoms in total. The summed E-state index contributed by atoms with van der Waals surface area (Å²) >= 11 is 0. The number of rotatable bonds is 5. The number of urea groups is 1. The fraction of sp³-hybridized carbons (Fsp3) is 0.667. The van der Waals surface area contributed by atoms with Gasteiger partial charge in [-0.3, -0.25) is 4.79 Å². The number of carboxylic acids is 1. The second-order valence-corrected chi connectivity index (χ2v) is 6.06. The highest BCUT2D eigenvalue weighted by atomic mass is 16.4. The minimum Gasteiger partial charge on any atom is -0.481 e. The van der Waals surface area contributed by atoms with E-state index in [0.29, 0.717) is 24.6 Å². The van der Waals surface area contributed by atoms with Crippen LogP contribution in [0.15, 0.2) is 4.42 Å². The molecule has 122 valence electrons. The lowest BCUT2D eigenvalue weighted by Gasteiger charge is -2.20. The Morgan fingerprint density at radius 2 is 2.23 bits per heavy atom. The third-order valence-electron chi connectivity index (χ3n) is 4.08. The van der Waals surface area contributed by atoms with Crippen LogP contribution in [0.3, 0.4) is 0 Å². The Morgan fingerprint density at radius 3 is 2.82 bits per heavy atom. The number of carboxylic acid groups (broad SMARTS) is 1. The number of carbonyl (C=O) groups is 2. The van der Waals surface area contributed by atoms with E-state index in [-0.39, 0.29) is 19.1 Å². The van der Waals surface area contributed by atoms with Gasteiger partial charge in [0.2, 0.25) is 0 Å². The SMILES string of the molecule is CCCc1nc(C)c(CNC(=O)N2CCC(C)(C(=O)O)C2)o1. The van der Waals surface area contributed by atoms with Gasteiger partial charge in [0, 0.05) is 19.5 Å². The Hall–Kier alpha value is -2.05. The molecule has 22 heavy (non-hydrogen) atoms. The molecule has 2 N–H and O–H groups in total. The molecule has 0 saturated carbocycles. The Morgan fingerprint density at radius 1 is 1.50 bits per heavy atom. The highest BCUT2D eigenvalue weighted by molar-refractivity contribution is 5.79. The van der Waals surface area contributed by atoms with Gasteiger partial charge >= 0.3 is 12.0 Å². The molecule has 1 aromatic heterocycles. The van der Waals surface area contributed by atoms with Crippen LogP contribution in [0.1, 0.15) is 44.0 Å². The highest BCUT2D eigenvalue weighted by Gasteiger charge is 2.42. The van der Waals surface area contributed by atoms with E-state index in [4.69, 9.17) is 4.42 Å². The smallest absolute Gasteiger partial charge is 0.317 e. The summed E-state index contributed by atoms with van der Waals surface area (Å²) in [5, 5.41) is 12.0. The lowest BCUT2D eigenvalue weighted by atomic mass is 9.90. The zero-order valence-electron chi connectivity index (χ0n) is 13.3. The lowest BCUT2D eigenvalue weighted by Crippen LogP contribution is -2.40. The van der Waals surface area contributed by atoms with Gasteiger partial charge in [0.15, 0.2) is 5.89 Å². The predicted octanol–water partition coefficient (Wildman–Crippen LogP) is 1.94. The quantitative estimate of drug-likeness (QED) is 0.866. The van der Waals surface area contributed by atoms with E-state index in [1.165, 1.54) is 4.90 Å². The summed E-state index contributed by atoms with van der Waals surface area (Å²) < 4.78 is 5.61. The predicted molar refractivity (Wildman–Crippen MR) is 79.4 cm³/mol. The molecule has 1 saturated heterocycles. The zero-order chi connectivity index (χ0) is 16.3. The summed E-state index contributed by atoms with van der Waals surface area (Å²) in [6.07, 6.45) is 2.20. The number of oxazole rings is 1. The molecule has 2 heterocycles. The molecule has 0 spiro atoms. The van der Waals surface area contributed by atoms with Crippen molar-refractivity contribution in [2.75, 3.05) is 13.1 Å². The van der Waals surface area contributed by atoms with Crippen molar-refractivity contribution in [2.24, 2.45) is 5.41 Å². The Kier molecular flexibility index (Phi) is 4.73. The van der Waals surface area contributed by atoms with E-state index >= 15 is 0 Å². The summed E-state index contributed by atoms with van der Waals surface area (Å²) in [5.41, 5.74) is -0.0751. The van der Waals surface area contributed by atoms with Crippen LogP contribution >= 0.6 is 0 Å². The maximum atomic E-state index is 12.1. The molecule has 1 fully saturated rings. The number of aromatic nitrogens is 1. The van der Waals surface area contributed by atoms with Gasteiger partial charge in [-0.1, -0.05) is 6.92 Å². The van der Waals surface area contributed by atoms with Crippen molar-refractivity contribution in [1.29, 1.82) is 0 Å². The van der Waals surface area contributed by atoms with E-state index in [1.807, 2.05) is 13.8 Å². The molecule has 0 bridgehead atoms. The fourth-order valence-electron chi connectivity index (χ4n) is 2.55. The van der Waals surface area contributed by atoms with Crippen molar-refractivity contribution in [2.45, 2.75) is 46.6 Å². The largest absolute Gasteiger partial charge is 0.481 e. The first-order chi connectivity index (χ1) is 10.4. The third-order valence-corrected chi connectivity index (χ3v) is 4.08. The van der Waals surface area contributed by atoms with E-state index in [2.05, 4.69) is 10.3 Å². The van der Waals surface area contributed by atoms with Gasteiger partial charge < -0.3 is 19.7 Å². The second kappa shape index (κ2) is 6.37. The average molecular weight is 309 g/mol. The van der Waals surface area contributed by atoms with Crippen molar-refractivity contribution in [1.82, 2.24) is 15.2 Å². The number of hydrogen-bond donors (Lipinski definition) is 2. The maximum Gasteiger partial charge on any atom is 0.317 e. The summed E-state index contributed by atoms with van der Waals surface area (Å²) in [7, 11) is 0. The number of amides is 2. The van der Waals surface area contributed by atoms with Crippen LogP contribution in [0.5, 0.6) is 0 Å². The second-order valence-electron chi connectivity index (χ2n) is 6.06. The van der Waals surface area contributed by atoms with Crippen molar-refractivity contribution < 1.29 is 19.1 Å². The van der Waals surface area contributed by atoms with Gasteiger partial charge in [-0.05, 0) is 26.7 Å². The molecule has 2 amide bonds. The standard InChI is InChI=1S/C15H23N3O4/c1-4-5-12-17-10(2)11(22-12)8-16-14(21)18-7-6-15(3,9-18)13(19)20/h4-9H2,1-3H3,(H,16,21)(H,19,20). The Balaban J connectivity index is 1.90. The van der Waals surface area contributed by atoms with Crippen molar-refractivity contribution in [3.8, 4) is 0 Å². The van der Waals surface area contributed by atoms with Gasteiger partial charge in [-0.25, -0.2) is 9.78 Å². The minimum absolute atomic E-state index is 0.227. The topological polar surface area (TPSA) is 95.7 Å². The van der Waals surface area contributed by atoms with Crippen LogP contribution in [0.25, 0.3) is 0 Å². The molecule has 7 heteroatoms. The molecule has 1 aliphatic heterocycles. The van der Waals surface area contributed by atoms with Gasteiger partial charge in [0.25, 0.3) is 0 Å². The van der Waals surface area contributed by atoms with Crippen LogP contribution < -0.4 is 5.32 Å². The zero-order valence-corrected chi connectivity index (χ0v) is 13.3. The lowest BCUT2D eigenvalue weighted by molar-refractivity contribution is -0.147. The minimum atomic E-state index is -0.863. The number of aryl methyl sites for hydroxylation is 2. The highest BCUT2D eigenvalue weighted by Crippen LogP contribution is 2.30. The molecule has 0 aliphatic carbocycles. The number of hydrogen-bond acceptors (Lipinski definition) is 4. The summed E-state index contributed by atoms with van der Waals surface area (Å²) in [5.74, 6) is 0.471. The third kappa shape index (κ3) is 3.40. The first kappa shape index (κ1) is 16.3. The molecule has 1 atom stereocenters. The number of nitrogens with one attached hydrogen (secondary N) is 1. The van der Waals surface area contributed by atoms with E-state index in [9.17, 15) is 14.7 Å². The van der Waals surface area contributed by atoms with Crippen LogP contribution in [-0.4, -0.2) is 40.1 Å². The van der Waals surface area contributed by atoms with Crippen molar-refractivity contribution in [3.05, 3.63) is 17.3 Å². The van der Waals surface area contributed by atoms with Crippen LogP contribution in [0.4, 0.5) is 4.79 Å². The van der Waals surface area contributed by atoms with Crippen LogP contribution in [-0.2, 0) is 17.8 Å². The molecule has 1 unspecified atom stereocenters. The molecule has 1 aromatic rings. The first-order valence-corrected chi connectivity index (χ1v) is 7.57. The Bertz CT molecular complexity index is 569. The molecular weight excluding hydrogens is 286 g/mol. The Labute approximate surface area is 129 Å². The van der Waals surface area contributed by atoms with Crippen molar-refractivity contribution >= 4 is 12.0 Å². The molecule has 0 aromatic carbocycles. The normalized spacial score (nSPS) is 21.1. The summed E-state index contributed by atoms with van der Waals surface area (Å²) in [4.78, 5) is 29.2. The number of nitrogens with zero attached hydrogens (tertiary/aromatic N) is 2. The van der Waals surface area contributed by atoms with Gasteiger partial charge in [-0.2, -0.15) is 0 Å². The number of aliphatic carboxylic acids is 1. The maximum absolute atomic E-state index is 12.1. The summed E-state index contributed by atoms with van der Waals surface area (Å²) in [6.45, 7) is 6.51. The van der Waals surface area contributed by atoms with Crippen molar-refractivity contribution in [3.63, 3.8) is 0 Å². The monoisotopic (exact) mass is 309 g/mol.